The Bertz CT molecular complexity index is 429. The maximum atomic E-state index is 13.3. The molecule has 1 aromatic carbocycles. The van der Waals surface area contributed by atoms with E-state index < -0.39 is 5.97 Å². The molecule has 0 fully saturated rings. The minimum Gasteiger partial charge on any atom is -0.478 e. The fourth-order valence-corrected chi connectivity index (χ4v) is 1.45. The number of carbonyl (C=O) groups is 1. The molecule has 1 aromatic rings. The normalized spacial score (nSPS) is 11.3. The van der Waals surface area contributed by atoms with Crippen LogP contribution in [0.2, 0.25) is 0 Å². The first-order valence-corrected chi connectivity index (χ1v) is 5.40. The zero-order chi connectivity index (χ0) is 12.8. The molecule has 0 aliphatic rings. The Morgan fingerprint density at radius 2 is 2.18 bits per heavy atom. The summed E-state index contributed by atoms with van der Waals surface area (Å²) < 4.78 is 13.3. The van der Waals surface area contributed by atoms with Crippen molar-refractivity contribution in [2.24, 2.45) is 0 Å². The van der Waals surface area contributed by atoms with E-state index in [9.17, 15) is 9.18 Å². The summed E-state index contributed by atoms with van der Waals surface area (Å²) in [5.74, 6) is -1.39. The molecule has 92 valence electrons. The second-order valence-corrected chi connectivity index (χ2v) is 3.89. The van der Waals surface area contributed by atoms with Crippen molar-refractivity contribution >= 4 is 12.0 Å². The molecule has 17 heavy (non-hydrogen) atoms. The standard InChI is InChI=1S/C13H16FNO2/c1-3-15(2)9-11-6-10(4-5-13(16)17)7-12(14)8-11/h4-8H,3,9H2,1-2H3,(H,16,17). The van der Waals surface area contributed by atoms with E-state index in [1.807, 2.05) is 18.9 Å². The molecule has 0 atom stereocenters. The Labute approximate surface area is 100 Å². The number of aliphatic carboxylic acids is 1. The van der Waals surface area contributed by atoms with Crippen molar-refractivity contribution < 1.29 is 14.3 Å². The average molecular weight is 237 g/mol. The fraction of sp³-hybridized carbons (Fsp3) is 0.308. The highest BCUT2D eigenvalue weighted by Crippen LogP contribution is 2.12. The number of rotatable bonds is 5. The van der Waals surface area contributed by atoms with E-state index in [2.05, 4.69) is 0 Å². The Kier molecular flexibility index (Phi) is 4.84. The first kappa shape index (κ1) is 13.4. The predicted octanol–water partition coefficient (Wildman–Crippen LogP) is 2.38. The average Bonchev–Trinajstić information content (AvgIpc) is 2.25. The van der Waals surface area contributed by atoms with Crippen LogP contribution in [0.15, 0.2) is 24.3 Å². The van der Waals surface area contributed by atoms with E-state index in [1.54, 1.807) is 6.07 Å². The lowest BCUT2D eigenvalue weighted by Gasteiger charge is -2.14. The van der Waals surface area contributed by atoms with Crippen molar-refractivity contribution in [3.8, 4) is 0 Å². The monoisotopic (exact) mass is 237 g/mol. The van der Waals surface area contributed by atoms with Crippen LogP contribution in [0.4, 0.5) is 4.39 Å². The van der Waals surface area contributed by atoms with E-state index in [1.165, 1.54) is 18.2 Å². The Balaban J connectivity index is 2.90. The van der Waals surface area contributed by atoms with Crippen LogP contribution >= 0.6 is 0 Å². The molecule has 1 N–H and O–H groups in total. The number of nitrogens with zero attached hydrogens (tertiary/aromatic N) is 1. The zero-order valence-electron chi connectivity index (χ0n) is 9.98. The highest BCUT2D eigenvalue weighted by molar-refractivity contribution is 5.85. The van der Waals surface area contributed by atoms with Crippen LogP contribution in [0.5, 0.6) is 0 Å². The lowest BCUT2D eigenvalue weighted by atomic mass is 10.1. The Morgan fingerprint density at radius 1 is 1.47 bits per heavy atom. The van der Waals surface area contributed by atoms with Crippen LogP contribution in [-0.4, -0.2) is 29.6 Å². The van der Waals surface area contributed by atoms with Gasteiger partial charge >= 0.3 is 5.97 Å². The van der Waals surface area contributed by atoms with Gasteiger partial charge in [0, 0.05) is 12.6 Å². The molecule has 0 bridgehead atoms. The van der Waals surface area contributed by atoms with Crippen molar-refractivity contribution in [3.63, 3.8) is 0 Å². The van der Waals surface area contributed by atoms with Crippen LogP contribution in [0.1, 0.15) is 18.1 Å². The van der Waals surface area contributed by atoms with Crippen molar-refractivity contribution in [3.05, 3.63) is 41.2 Å². The van der Waals surface area contributed by atoms with Crippen LogP contribution in [0.25, 0.3) is 6.08 Å². The summed E-state index contributed by atoms with van der Waals surface area (Å²) in [6, 6.07) is 4.56. The van der Waals surface area contributed by atoms with Crippen LogP contribution < -0.4 is 0 Å². The van der Waals surface area contributed by atoms with Crippen molar-refractivity contribution in [1.29, 1.82) is 0 Å². The molecule has 0 spiro atoms. The number of halogens is 1. The van der Waals surface area contributed by atoms with Crippen LogP contribution in [-0.2, 0) is 11.3 Å². The largest absolute Gasteiger partial charge is 0.478 e. The topological polar surface area (TPSA) is 40.5 Å². The Morgan fingerprint density at radius 3 is 2.76 bits per heavy atom. The molecule has 0 radical (unpaired) electrons. The van der Waals surface area contributed by atoms with Gasteiger partial charge in [0.25, 0.3) is 0 Å². The maximum absolute atomic E-state index is 13.3. The summed E-state index contributed by atoms with van der Waals surface area (Å²) in [5.41, 5.74) is 1.39. The molecule has 0 aliphatic heterocycles. The first-order chi connectivity index (χ1) is 8.01. The van der Waals surface area contributed by atoms with E-state index >= 15 is 0 Å². The minimum absolute atomic E-state index is 0.350. The predicted molar refractivity (Wildman–Crippen MR) is 65.1 cm³/mol. The SMILES string of the molecule is CCN(C)Cc1cc(F)cc(C=CC(=O)O)c1. The fourth-order valence-electron chi connectivity index (χ4n) is 1.45. The Hall–Kier alpha value is -1.68. The molecule has 4 heteroatoms. The van der Waals surface area contributed by atoms with Gasteiger partial charge in [-0.1, -0.05) is 13.0 Å². The number of carboxylic acid groups (broad SMARTS) is 1. The highest BCUT2D eigenvalue weighted by Gasteiger charge is 2.02. The third kappa shape index (κ3) is 4.78. The second-order valence-electron chi connectivity index (χ2n) is 3.89. The molecule has 0 amide bonds. The quantitative estimate of drug-likeness (QED) is 0.799. The summed E-state index contributed by atoms with van der Waals surface area (Å²) in [7, 11) is 1.94. The zero-order valence-corrected chi connectivity index (χ0v) is 9.98. The third-order valence-electron chi connectivity index (χ3n) is 2.39. The number of benzene rings is 1. The molecule has 0 saturated carbocycles. The van der Waals surface area contributed by atoms with Gasteiger partial charge in [-0.05, 0) is 42.9 Å². The summed E-state index contributed by atoms with van der Waals surface area (Å²) in [6.07, 6.45) is 2.39. The van der Waals surface area contributed by atoms with E-state index in [4.69, 9.17) is 5.11 Å². The molecule has 0 saturated heterocycles. The lowest BCUT2D eigenvalue weighted by molar-refractivity contribution is -0.131. The summed E-state index contributed by atoms with van der Waals surface area (Å²) in [4.78, 5) is 12.4. The van der Waals surface area contributed by atoms with E-state index in [-0.39, 0.29) is 5.82 Å². The van der Waals surface area contributed by atoms with Gasteiger partial charge in [-0.3, -0.25) is 0 Å². The summed E-state index contributed by atoms with van der Waals surface area (Å²) in [6.45, 7) is 3.53. The summed E-state index contributed by atoms with van der Waals surface area (Å²) in [5, 5.41) is 8.51. The molecular formula is C13H16FNO2. The van der Waals surface area contributed by atoms with Crippen LogP contribution in [0, 0.1) is 5.82 Å². The van der Waals surface area contributed by atoms with Gasteiger partial charge in [0.1, 0.15) is 5.82 Å². The van der Waals surface area contributed by atoms with Gasteiger partial charge in [0.15, 0.2) is 0 Å². The van der Waals surface area contributed by atoms with Gasteiger partial charge in [-0.15, -0.1) is 0 Å². The number of hydrogen-bond donors (Lipinski definition) is 1. The van der Waals surface area contributed by atoms with E-state index in [0.29, 0.717) is 12.1 Å². The molecule has 3 nitrogen and oxygen atoms in total. The molecule has 0 aliphatic carbocycles. The maximum Gasteiger partial charge on any atom is 0.328 e. The number of carboxylic acids is 1. The van der Waals surface area contributed by atoms with Gasteiger partial charge in [-0.2, -0.15) is 0 Å². The molecule has 0 unspecified atom stereocenters. The first-order valence-electron chi connectivity index (χ1n) is 5.40. The molecule has 0 heterocycles. The number of hydrogen-bond acceptors (Lipinski definition) is 2. The minimum atomic E-state index is -1.04. The van der Waals surface area contributed by atoms with E-state index in [0.717, 1.165) is 18.2 Å². The smallest absolute Gasteiger partial charge is 0.328 e. The second kappa shape index (κ2) is 6.15. The van der Waals surface area contributed by atoms with Gasteiger partial charge in [-0.25, -0.2) is 9.18 Å². The van der Waals surface area contributed by atoms with Gasteiger partial charge in [0.05, 0.1) is 0 Å². The van der Waals surface area contributed by atoms with Crippen molar-refractivity contribution in [2.75, 3.05) is 13.6 Å². The van der Waals surface area contributed by atoms with Crippen molar-refractivity contribution in [1.82, 2.24) is 4.90 Å². The summed E-state index contributed by atoms with van der Waals surface area (Å²) >= 11 is 0. The highest BCUT2D eigenvalue weighted by atomic mass is 19.1. The molecule has 0 aromatic heterocycles. The third-order valence-corrected chi connectivity index (χ3v) is 2.39. The molecular weight excluding hydrogens is 221 g/mol. The van der Waals surface area contributed by atoms with Gasteiger partial charge in [0.2, 0.25) is 0 Å². The van der Waals surface area contributed by atoms with Gasteiger partial charge < -0.3 is 10.0 Å². The van der Waals surface area contributed by atoms with Crippen LogP contribution in [0.3, 0.4) is 0 Å². The van der Waals surface area contributed by atoms with Crippen molar-refractivity contribution in [2.45, 2.75) is 13.5 Å². The lowest BCUT2D eigenvalue weighted by Crippen LogP contribution is -2.16. The molecule has 1 rings (SSSR count).